The smallest absolute Gasteiger partial charge is 0.314 e. The van der Waals surface area contributed by atoms with Crippen LogP contribution in [0.2, 0.25) is 10.0 Å². The Bertz CT molecular complexity index is 1050. The van der Waals surface area contributed by atoms with Crippen LogP contribution in [0.3, 0.4) is 0 Å². The molecule has 4 atom stereocenters. The number of carbonyl (C=O) groups is 1. The van der Waals surface area contributed by atoms with Gasteiger partial charge in [-0.05, 0) is 55.9 Å². The number of esters is 1. The zero-order valence-electron chi connectivity index (χ0n) is 20.0. The van der Waals surface area contributed by atoms with Gasteiger partial charge in [0.05, 0.1) is 35.1 Å². The van der Waals surface area contributed by atoms with Crippen molar-refractivity contribution in [1.29, 1.82) is 5.26 Å². The molecule has 0 amide bonds. The maximum atomic E-state index is 13.9. The van der Waals surface area contributed by atoms with E-state index in [1.54, 1.807) is 18.2 Å². The topological polar surface area (TPSA) is 71.4 Å². The van der Waals surface area contributed by atoms with Crippen LogP contribution in [0.1, 0.15) is 63.5 Å². The molecule has 1 saturated carbocycles. The number of rotatable bonds is 6. The number of benzene rings is 2. The van der Waals surface area contributed by atoms with Crippen LogP contribution in [0.15, 0.2) is 48.5 Å². The number of carbonyl (C=O) groups excluding carboxylic acids is 1. The molecule has 1 aliphatic carbocycles. The van der Waals surface area contributed by atoms with Crippen LogP contribution in [0, 0.1) is 28.6 Å². The molecule has 4 rings (SSSR count). The van der Waals surface area contributed by atoms with Gasteiger partial charge in [0.15, 0.2) is 6.23 Å². The normalized spacial score (nSPS) is 27.4. The summed E-state index contributed by atoms with van der Waals surface area (Å²) in [6.07, 6.45) is 6.07. The first-order valence-corrected chi connectivity index (χ1v) is 13.2. The van der Waals surface area contributed by atoms with Gasteiger partial charge in [0.25, 0.3) is 0 Å². The van der Waals surface area contributed by atoms with Gasteiger partial charge in [-0.2, -0.15) is 5.26 Å². The lowest BCUT2D eigenvalue weighted by molar-refractivity contribution is -0.170. The van der Waals surface area contributed by atoms with E-state index < -0.39 is 17.6 Å². The zero-order chi connectivity index (χ0) is 24.8. The Morgan fingerprint density at radius 3 is 2.46 bits per heavy atom. The second kappa shape index (κ2) is 11.6. The minimum atomic E-state index is -0.869. The molecule has 2 aromatic rings. The molecule has 1 N–H and O–H groups in total. The molecule has 35 heavy (non-hydrogen) atoms. The predicted molar refractivity (Wildman–Crippen MR) is 137 cm³/mol. The molecule has 1 heterocycles. The van der Waals surface area contributed by atoms with Crippen molar-refractivity contribution in [3.8, 4) is 11.8 Å². The first-order valence-electron chi connectivity index (χ1n) is 12.5. The lowest BCUT2D eigenvalue weighted by Gasteiger charge is -2.51. The molecule has 1 aliphatic heterocycles. The predicted octanol–water partition coefficient (Wildman–Crippen LogP) is 7.09. The van der Waals surface area contributed by atoms with Crippen molar-refractivity contribution in [3.63, 3.8) is 0 Å². The second-order valence-electron chi connectivity index (χ2n) is 9.51. The van der Waals surface area contributed by atoms with Crippen LogP contribution in [-0.2, 0) is 9.53 Å². The van der Waals surface area contributed by atoms with E-state index in [9.17, 15) is 10.1 Å². The van der Waals surface area contributed by atoms with Gasteiger partial charge in [-0.1, -0.05) is 79.2 Å². The molecule has 2 aromatic carbocycles. The maximum Gasteiger partial charge on any atom is 0.314 e. The van der Waals surface area contributed by atoms with Crippen molar-refractivity contribution in [2.45, 2.75) is 64.1 Å². The van der Waals surface area contributed by atoms with Crippen molar-refractivity contribution in [2.24, 2.45) is 17.3 Å². The molecule has 7 heteroatoms. The maximum absolute atomic E-state index is 13.9. The Balaban J connectivity index is 1.78. The third kappa shape index (κ3) is 5.45. The fourth-order valence-corrected chi connectivity index (χ4v) is 6.28. The molecular weight excluding hydrogens is 483 g/mol. The van der Waals surface area contributed by atoms with E-state index in [0.29, 0.717) is 28.8 Å². The van der Waals surface area contributed by atoms with E-state index in [0.717, 1.165) is 31.2 Å². The summed E-state index contributed by atoms with van der Waals surface area (Å²) in [5, 5.41) is 14.7. The molecule has 0 radical (unpaired) electrons. The van der Waals surface area contributed by atoms with Crippen molar-refractivity contribution in [2.75, 3.05) is 6.61 Å². The minimum Gasteiger partial charge on any atom is -0.472 e. The highest BCUT2D eigenvalue weighted by Crippen LogP contribution is 2.54. The van der Waals surface area contributed by atoms with E-state index in [2.05, 4.69) is 11.4 Å². The molecule has 186 valence electrons. The monoisotopic (exact) mass is 514 g/mol. The van der Waals surface area contributed by atoms with Gasteiger partial charge in [0.2, 0.25) is 0 Å². The highest BCUT2D eigenvalue weighted by atomic mass is 35.5. The van der Waals surface area contributed by atoms with Gasteiger partial charge in [-0.15, -0.1) is 0 Å². The van der Waals surface area contributed by atoms with Crippen LogP contribution < -0.4 is 10.1 Å². The molecule has 0 spiro atoms. The van der Waals surface area contributed by atoms with E-state index in [1.165, 1.54) is 12.8 Å². The first-order chi connectivity index (χ1) is 17.0. The number of halogens is 2. The summed E-state index contributed by atoms with van der Waals surface area (Å²) in [5.41, 5.74) is 0.114. The van der Waals surface area contributed by atoms with Crippen LogP contribution in [-0.4, -0.2) is 18.8 Å². The summed E-state index contributed by atoms with van der Waals surface area (Å²) >= 11 is 12.4. The van der Waals surface area contributed by atoms with Gasteiger partial charge in [0.1, 0.15) is 5.75 Å². The standard InChI is InChI=1S/C28H32Cl2N2O3/c1-2-34-27(33)28(21-12-8-3-4-9-13-21)17-20(18-31)26(32-25(28)19-10-6-5-7-11-19)35-24-15-14-22(29)16-23(24)30/h5-7,10-11,14-16,20-21,25-26,32H,2-4,8-9,12-13,17H2,1H3. The third-order valence-corrected chi connectivity index (χ3v) is 7.99. The summed E-state index contributed by atoms with van der Waals surface area (Å²) in [4.78, 5) is 13.9. The van der Waals surface area contributed by atoms with E-state index in [-0.39, 0.29) is 17.9 Å². The average molecular weight is 515 g/mol. The number of hydrogen-bond donors (Lipinski definition) is 1. The highest BCUT2D eigenvalue weighted by Gasteiger charge is 2.58. The molecule has 1 saturated heterocycles. The highest BCUT2D eigenvalue weighted by molar-refractivity contribution is 6.35. The fourth-order valence-electron chi connectivity index (χ4n) is 5.82. The van der Waals surface area contributed by atoms with Gasteiger partial charge in [-0.3, -0.25) is 10.1 Å². The molecule has 0 aromatic heterocycles. The van der Waals surface area contributed by atoms with Crippen molar-refractivity contribution >= 4 is 29.2 Å². The number of nitrogens with one attached hydrogen (secondary N) is 1. The Kier molecular flexibility index (Phi) is 8.59. The Morgan fingerprint density at radius 1 is 1.11 bits per heavy atom. The van der Waals surface area contributed by atoms with Crippen LogP contribution >= 0.6 is 23.2 Å². The quantitative estimate of drug-likeness (QED) is 0.329. The zero-order valence-corrected chi connectivity index (χ0v) is 21.5. The third-order valence-electron chi connectivity index (χ3n) is 7.45. The molecule has 2 aliphatic rings. The number of piperidine rings is 1. The van der Waals surface area contributed by atoms with Crippen molar-refractivity contribution < 1.29 is 14.3 Å². The molecule has 0 bridgehead atoms. The van der Waals surface area contributed by atoms with E-state index in [4.69, 9.17) is 32.7 Å². The van der Waals surface area contributed by atoms with Gasteiger partial charge in [-0.25, -0.2) is 0 Å². The SMILES string of the molecule is CCOC(=O)C1(C2CCCCCC2)CC(C#N)C(Oc2ccc(Cl)cc2Cl)NC1c1ccccc1. The van der Waals surface area contributed by atoms with E-state index in [1.807, 2.05) is 37.3 Å². The van der Waals surface area contributed by atoms with Crippen LogP contribution in [0.4, 0.5) is 0 Å². The number of ether oxygens (including phenoxy) is 2. The molecule has 5 nitrogen and oxygen atoms in total. The minimum absolute atomic E-state index is 0.109. The summed E-state index contributed by atoms with van der Waals surface area (Å²) in [6.45, 7) is 2.13. The Hall–Kier alpha value is -2.26. The van der Waals surface area contributed by atoms with Gasteiger partial charge >= 0.3 is 5.97 Å². The molecule has 4 unspecified atom stereocenters. The van der Waals surface area contributed by atoms with Gasteiger partial charge in [0, 0.05) is 5.02 Å². The fraction of sp³-hybridized carbons (Fsp3) is 0.500. The van der Waals surface area contributed by atoms with Crippen LogP contribution in [0.5, 0.6) is 5.75 Å². The second-order valence-corrected chi connectivity index (χ2v) is 10.4. The summed E-state index contributed by atoms with van der Waals surface area (Å²) < 4.78 is 12.0. The lowest BCUT2D eigenvalue weighted by atomic mass is 9.59. The average Bonchev–Trinajstić information content (AvgIpc) is 3.16. The summed E-state index contributed by atoms with van der Waals surface area (Å²) in [5.74, 6) is -0.248. The molecule has 2 fully saturated rings. The summed E-state index contributed by atoms with van der Waals surface area (Å²) in [6, 6.07) is 17.0. The van der Waals surface area contributed by atoms with Crippen molar-refractivity contribution in [1.82, 2.24) is 5.32 Å². The number of nitriles is 1. The van der Waals surface area contributed by atoms with E-state index >= 15 is 0 Å². The lowest BCUT2D eigenvalue weighted by Crippen LogP contribution is -2.60. The number of nitrogens with zero attached hydrogens (tertiary/aromatic N) is 1. The van der Waals surface area contributed by atoms with Crippen LogP contribution in [0.25, 0.3) is 0 Å². The Morgan fingerprint density at radius 2 is 1.83 bits per heavy atom. The van der Waals surface area contributed by atoms with Gasteiger partial charge < -0.3 is 9.47 Å². The summed E-state index contributed by atoms with van der Waals surface area (Å²) in [7, 11) is 0. The Labute approximate surface area is 217 Å². The first kappa shape index (κ1) is 25.8. The largest absolute Gasteiger partial charge is 0.472 e. The van der Waals surface area contributed by atoms with Crippen molar-refractivity contribution in [3.05, 3.63) is 64.1 Å². The number of hydrogen-bond acceptors (Lipinski definition) is 5. The molecular formula is C28H32Cl2N2O3.